The Morgan fingerprint density at radius 2 is 1.81 bits per heavy atom. The van der Waals surface area contributed by atoms with Gasteiger partial charge in [0.2, 0.25) is 0 Å². The predicted octanol–water partition coefficient (Wildman–Crippen LogP) is 2.43. The third-order valence-corrected chi connectivity index (χ3v) is 6.04. The zero-order valence-electron chi connectivity index (χ0n) is 13.0. The predicted molar refractivity (Wildman–Crippen MR) is 85.2 cm³/mol. The maximum Gasteiger partial charge on any atom is 0.0270 e. The number of hydrogen-bond acceptors (Lipinski definition) is 3. The average molecular weight is 285 g/mol. The van der Waals surface area contributed by atoms with Crippen LogP contribution in [0.2, 0.25) is 0 Å². The average Bonchev–Trinajstić information content (AvgIpc) is 3.17. The summed E-state index contributed by atoms with van der Waals surface area (Å²) in [5.74, 6) is 2.11. The minimum atomic E-state index is 0.936. The lowest BCUT2D eigenvalue weighted by molar-refractivity contribution is 0.0718. The van der Waals surface area contributed by atoms with Gasteiger partial charge in [-0.25, -0.2) is 0 Å². The standard InChI is InChI=1S/C18H27N3/c1-2-17-13-16(1)14-18(17)21-11-9-20(10-12-21)8-5-15-3-6-19-7-4-15/h3-4,6-7,16-18H,1-2,5,8-14H2. The molecule has 1 aromatic heterocycles. The van der Waals surface area contributed by atoms with Crippen LogP contribution in [0.5, 0.6) is 0 Å². The van der Waals surface area contributed by atoms with E-state index in [2.05, 4.69) is 26.9 Å². The summed E-state index contributed by atoms with van der Waals surface area (Å²) in [6.45, 7) is 6.32. The van der Waals surface area contributed by atoms with Gasteiger partial charge in [-0.2, -0.15) is 0 Å². The molecule has 114 valence electrons. The summed E-state index contributed by atoms with van der Waals surface area (Å²) in [5.41, 5.74) is 1.42. The lowest BCUT2D eigenvalue weighted by Gasteiger charge is -2.41. The van der Waals surface area contributed by atoms with Crippen molar-refractivity contribution in [3.8, 4) is 0 Å². The monoisotopic (exact) mass is 285 g/mol. The van der Waals surface area contributed by atoms with Crippen molar-refractivity contribution in [1.29, 1.82) is 0 Å². The second-order valence-corrected chi connectivity index (χ2v) is 7.23. The van der Waals surface area contributed by atoms with Crippen LogP contribution in [0.4, 0.5) is 0 Å². The molecule has 4 rings (SSSR count). The molecule has 0 radical (unpaired) electrons. The Hall–Kier alpha value is -0.930. The van der Waals surface area contributed by atoms with Crippen LogP contribution in [0.3, 0.4) is 0 Å². The fraction of sp³-hybridized carbons (Fsp3) is 0.722. The topological polar surface area (TPSA) is 19.4 Å². The number of aromatic nitrogens is 1. The molecular weight excluding hydrogens is 258 g/mol. The molecule has 2 heterocycles. The quantitative estimate of drug-likeness (QED) is 0.847. The summed E-state index contributed by atoms with van der Waals surface area (Å²) < 4.78 is 0. The van der Waals surface area contributed by atoms with E-state index < -0.39 is 0 Å². The SMILES string of the molecule is c1cc(CCN2CCN(C3CC4CCC3C4)CC2)ccn1. The number of piperazine rings is 1. The fourth-order valence-electron chi connectivity index (χ4n) is 4.81. The van der Waals surface area contributed by atoms with Gasteiger partial charge in [0, 0.05) is 51.2 Å². The molecule has 2 aliphatic carbocycles. The van der Waals surface area contributed by atoms with Crippen LogP contribution in [0.1, 0.15) is 31.2 Å². The lowest BCUT2D eigenvalue weighted by Crippen LogP contribution is -2.51. The van der Waals surface area contributed by atoms with Gasteiger partial charge < -0.3 is 4.90 Å². The zero-order valence-corrected chi connectivity index (χ0v) is 13.0. The van der Waals surface area contributed by atoms with Gasteiger partial charge in [0.25, 0.3) is 0 Å². The summed E-state index contributed by atoms with van der Waals surface area (Å²) in [5, 5.41) is 0. The van der Waals surface area contributed by atoms with Gasteiger partial charge in [-0.3, -0.25) is 9.88 Å². The normalized spacial score (nSPS) is 33.6. The Morgan fingerprint density at radius 3 is 2.48 bits per heavy atom. The molecule has 1 saturated heterocycles. The minimum absolute atomic E-state index is 0.936. The van der Waals surface area contributed by atoms with Crippen molar-refractivity contribution in [2.24, 2.45) is 11.8 Å². The van der Waals surface area contributed by atoms with E-state index in [9.17, 15) is 0 Å². The first-order valence-corrected chi connectivity index (χ1v) is 8.74. The van der Waals surface area contributed by atoms with Gasteiger partial charge in [-0.05, 0) is 55.2 Å². The molecule has 2 saturated carbocycles. The van der Waals surface area contributed by atoms with Gasteiger partial charge in [0.1, 0.15) is 0 Å². The second kappa shape index (κ2) is 6.05. The number of nitrogens with zero attached hydrogens (tertiary/aromatic N) is 3. The molecule has 3 fully saturated rings. The molecule has 3 aliphatic rings. The Kier molecular flexibility index (Phi) is 3.95. The third-order valence-electron chi connectivity index (χ3n) is 6.04. The van der Waals surface area contributed by atoms with Crippen LogP contribution in [0, 0.1) is 11.8 Å². The molecule has 0 aromatic carbocycles. The molecule has 2 bridgehead atoms. The third kappa shape index (κ3) is 3.00. The minimum Gasteiger partial charge on any atom is -0.300 e. The molecule has 1 aliphatic heterocycles. The van der Waals surface area contributed by atoms with E-state index in [-0.39, 0.29) is 0 Å². The first-order chi connectivity index (χ1) is 10.4. The van der Waals surface area contributed by atoms with Crippen molar-refractivity contribution >= 4 is 0 Å². The largest absolute Gasteiger partial charge is 0.300 e. The van der Waals surface area contributed by atoms with Crippen LogP contribution < -0.4 is 0 Å². The van der Waals surface area contributed by atoms with E-state index in [0.717, 1.165) is 24.3 Å². The number of hydrogen-bond donors (Lipinski definition) is 0. The Balaban J connectivity index is 1.24. The highest BCUT2D eigenvalue weighted by Crippen LogP contribution is 2.46. The molecule has 21 heavy (non-hydrogen) atoms. The number of pyridine rings is 1. The zero-order chi connectivity index (χ0) is 14.1. The van der Waals surface area contributed by atoms with Gasteiger partial charge in [0.15, 0.2) is 0 Å². The van der Waals surface area contributed by atoms with Crippen molar-refractivity contribution in [2.45, 2.75) is 38.1 Å². The molecule has 0 spiro atoms. The molecular formula is C18H27N3. The van der Waals surface area contributed by atoms with Crippen LogP contribution >= 0.6 is 0 Å². The van der Waals surface area contributed by atoms with Crippen molar-refractivity contribution in [3.63, 3.8) is 0 Å². The highest BCUT2D eigenvalue weighted by Gasteiger charge is 2.42. The summed E-state index contributed by atoms with van der Waals surface area (Å²) >= 11 is 0. The smallest absolute Gasteiger partial charge is 0.0270 e. The summed E-state index contributed by atoms with van der Waals surface area (Å²) in [6.07, 6.45) is 11.0. The Labute approximate surface area is 128 Å². The van der Waals surface area contributed by atoms with Crippen LogP contribution in [0.15, 0.2) is 24.5 Å². The summed E-state index contributed by atoms with van der Waals surface area (Å²) in [4.78, 5) is 9.55. The van der Waals surface area contributed by atoms with Gasteiger partial charge >= 0.3 is 0 Å². The van der Waals surface area contributed by atoms with Crippen LogP contribution in [-0.2, 0) is 6.42 Å². The highest BCUT2D eigenvalue weighted by atomic mass is 15.3. The van der Waals surface area contributed by atoms with Crippen LogP contribution in [0.25, 0.3) is 0 Å². The maximum atomic E-state index is 4.09. The van der Waals surface area contributed by atoms with E-state index >= 15 is 0 Å². The molecule has 1 aromatic rings. The summed E-state index contributed by atoms with van der Waals surface area (Å²) in [7, 11) is 0. The molecule has 3 unspecified atom stereocenters. The Bertz CT molecular complexity index is 453. The first-order valence-electron chi connectivity index (χ1n) is 8.74. The lowest BCUT2D eigenvalue weighted by atomic mass is 9.93. The van der Waals surface area contributed by atoms with E-state index in [4.69, 9.17) is 0 Å². The Morgan fingerprint density at radius 1 is 1.00 bits per heavy atom. The number of rotatable bonds is 4. The van der Waals surface area contributed by atoms with Gasteiger partial charge in [-0.15, -0.1) is 0 Å². The van der Waals surface area contributed by atoms with Crippen molar-refractivity contribution in [1.82, 2.24) is 14.8 Å². The van der Waals surface area contributed by atoms with E-state index in [1.807, 2.05) is 12.4 Å². The van der Waals surface area contributed by atoms with Crippen LogP contribution in [-0.4, -0.2) is 53.5 Å². The van der Waals surface area contributed by atoms with Gasteiger partial charge in [0.05, 0.1) is 0 Å². The first kappa shape index (κ1) is 13.7. The number of fused-ring (bicyclic) bond motifs is 2. The molecule has 0 N–H and O–H groups in total. The molecule has 0 amide bonds. The van der Waals surface area contributed by atoms with Crippen molar-refractivity contribution < 1.29 is 0 Å². The summed E-state index contributed by atoms with van der Waals surface area (Å²) in [6, 6.07) is 5.22. The van der Waals surface area contributed by atoms with Gasteiger partial charge in [-0.1, -0.05) is 6.42 Å². The fourth-order valence-corrected chi connectivity index (χ4v) is 4.81. The maximum absolute atomic E-state index is 4.09. The van der Waals surface area contributed by atoms with Crippen molar-refractivity contribution in [3.05, 3.63) is 30.1 Å². The van der Waals surface area contributed by atoms with E-state index in [0.29, 0.717) is 0 Å². The van der Waals surface area contributed by atoms with Crippen molar-refractivity contribution in [2.75, 3.05) is 32.7 Å². The molecule has 3 nitrogen and oxygen atoms in total. The second-order valence-electron chi connectivity index (χ2n) is 7.23. The van der Waals surface area contributed by atoms with E-state index in [1.54, 1.807) is 0 Å². The van der Waals surface area contributed by atoms with E-state index in [1.165, 1.54) is 64.0 Å². The molecule has 3 atom stereocenters. The molecule has 3 heteroatoms. The highest BCUT2D eigenvalue weighted by molar-refractivity contribution is 5.10.